The molecular weight excluding hydrogens is 252 g/mol. The Hall–Kier alpha value is -1.67. The molecule has 0 saturated heterocycles. The molecule has 1 nitrogen and oxygen atoms in total. The van der Waals surface area contributed by atoms with Gasteiger partial charge in [0.15, 0.2) is 5.05 Å². The van der Waals surface area contributed by atoms with E-state index in [4.69, 9.17) is 17.0 Å². The molecule has 0 amide bonds. The van der Waals surface area contributed by atoms with Gasteiger partial charge >= 0.3 is 0 Å². The van der Waals surface area contributed by atoms with Crippen molar-refractivity contribution >= 4 is 17.3 Å². The molecule has 2 rings (SSSR count). The second kappa shape index (κ2) is 7.05. The summed E-state index contributed by atoms with van der Waals surface area (Å²) in [7, 11) is 0. The fourth-order valence-electron chi connectivity index (χ4n) is 1.92. The molecule has 0 saturated carbocycles. The van der Waals surface area contributed by atoms with Crippen LogP contribution >= 0.6 is 12.2 Å². The van der Waals surface area contributed by atoms with Crippen LogP contribution in [-0.4, -0.2) is 5.05 Å². The zero-order valence-electron chi connectivity index (χ0n) is 11.1. The molecule has 0 aromatic heterocycles. The summed E-state index contributed by atoms with van der Waals surface area (Å²) in [5.74, 6) is 0.251. The Morgan fingerprint density at radius 1 is 0.947 bits per heavy atom. The van der Waals surface area contributed by atoms with Crippen molar-refractivity contribution in [3.63, 3.8) is 0 Å². The Bertz CT molecular complexity index is 507. The lowest BCUT2D eigenvalue weighted by molar-refractivity contribution is 0.280. The Kier molecular flexibility index (Phi) is 5.10. The van der Waals surface area contributed by atoms with Crippen LogP contribution in [0.1, 0.15) is 18.1 Å². The predicted octanol–water partition coefficient (Wildman–Crippen LogP) is 4.41. The maximum Gasteiger partial charge on any atom is 0.163 e. The molecule has 2 aromatic rings. The quantitative estimate of drug-likeness (QED) is 0.744. The van der Waals surface area contributed by atoms with E-state index in [1.807, 2.05) is 36.4 Å². The van der Waals surface area contributed by atoms with Gasteiger partial charge in [-0.2, -0.15) is 0 Å². The first-order valence-corrected chi connectivity index (χ1v) is 6.91. The molecule has 19 heavy (non-hydrogen) atoms. The van der Waals surface area contributed by atoms with Gasteiger partial charge in [0.05, 0.1) is 0 Å². The molecule has 0 heterocycles. The average molecular weight is 270 g/mol. The zero-order valence-corrected chi connectivity index (χ0v) is 11.9. The molecule has 0 spiro atoms. The van der Waals surface area contributed by atoms with Gasteiger partial charge in [0.25, 0.3) is 0 Å². The van der Waals surface area contributed by atoms with Gasteiger partial charge in [-0.15, -0.1) is 0 Å². The van der Waals surface area contributed by atoms with Gasteiger partial charge in [-0.3, -0.25) is 0 Å². The fraction of sp³-hybridized carbons (Fsp3) is 0.235. The Morgan fingerprint density at radius 2 is 1.47 bits per heavy atom. The van der Waals surface area contributed by atoms with Crippen molar-refractivity contribution in [1.82, 2.24) is 0 Å². The van der Waals surface area contributed by atoms with Gasteiger partial charge in [-0.1, -0.05) is 67.6 Å². The van der Waals surface area contributed by atoms with Gasteiger partial charge in [-0.25, -0.2) is 0 Å². The first-order valence-electron chi connectivity index (χ1n) is 6.50. The van der Waals surface area contributed by atoms with Crippen LogP contribution in [0.3, 0.4) is 0 Å². The summed E-state index contributed by atoms with van der Waals surface area (Å²) in [6.45, 7) is 2.67. The Balaban J connectivity index is 1.83. The molecule has 2 heteroatoms. The third-order valence-electron chi connectivity index (χ3n) is 3.01. The van der Waals surface area contributed by atoms with Crippen LogP contribution in [0.25, 0.3) is 0 Å². The first kappa shape index (κ1) is 13.8. The van der Waals surface area contributed by atoms with Crippen LogP contribution in [0.2, 0.25) is 0 Å². The lowest BCUT2D eigenvalue weighted by Gasteiger charge is -2.14. The molecule has 0 radical (unpaired) electrons. The summed E-state index contributed by atoms with van der Waals surface area (Å²) in [5.41, 5.74) is 2.44. The minimum absolute atomic E-state index is 0.251. The summed E-state index contributed by atoms with van der Waals surface area (Å²) in [6.07, 6.45) is 0.925. The van der Waals surface area contributed by atoms with Gasteiger partial charge in [-0.05, 0) is 29.8 Å². The molecule has 0 fully saturated rings. The van der Waals surface area contributed by atoms with Crippen LogP contribution < -0.4 is 0 Å². The van der Waals surface area contributed by atoms with Crippen molar-refractivity contribution in [2.24, 2.45) is 5.92 Å². The van der Waals surface area contributed by atoms with Gasteiger partial charge < -0.3 is 4.74 Å². The maximum atomic E-state index is 5.69. The van der Waals surface area contributed by atoms with Gasteiger partial charge in [0.2, 0.25) is 0 Å². The lowest BCUT2D eigenvalue weighted by Crippen LogP contribution is -2.15. The summed E-state index contributed by atoms with van der Waals surface area (Å²) in [6, 6.07) is 20.5. The summed E-state index contributed by atoms with van der Waals surface area (Å²) < 4.78 is 5.69. The van der Waals surface area contributed by atoms with Crippen LogP contribution in [0.15, 0.2) is 60.7 Å². The second-order valence-electron chi connectivity index (χ2n) is 4.68. The number of benzene rings is 2. The molecule has 0 aliphatic heterocycles. The fourth-order valence-corrected chi connectivity index (χ4v) is 2.06. The van der Waals surface area contributed by atoms with E-state index in [-0.39, 0.29) is 5.92 Å². The molecule has 0 aliphatic rings. The monoisotopic (exact) mass is 270 g/mol. The summed E-state index contributed by atoms with van der Waals surface area (Å²) in [4.78, 5) is 0. The van der Waals surface area contributed by atoms with E-state index in [0.717, 1.165) is 12.0 Å². The normalized spacial score (nSPS) is 11.8. The molecule has 0 N–H and O–H groups in total. The number of hydrogen-bond acceptors (Lipinski definition) is 2. The van der Waals surface area contributed by atoms with Crippen molar-refractivity contribution < 1.29 is 4.74 Å². The van der Waals surface area contributed by atoms with E-state index >= 15 is 0 Å². The SMILES string of the molecule is CC(Cc1ccccc1)C(=S)OCc1ccccc1. The second-order valence-corrected chi connectivity index (χ2v) is 5.09. The van der Waals surface area contributed by atoms with E-state index in [2.05, 4.69) is 31.2 Å². The zero-order chi connectivity index (χ0) is 13.5. The number of ether oxygens (including phenoxy) is 1. The number of thiocarbonyl (C=S) groups is 1. The minimum Gasteiger partial charge on any atom is -0.482 e. The highest BCUT2D eigenvalue weighted by Crippen LogP contribution is 2.12. The van der Waals surface area contributed by atoms with Crippen molar-refractivity contribution in [2.75, 3.05) is 0 Å². The first-order chi connectivity index (χ1) is 9.25. The molecule has 98 valence electrons. The molecule has 0 aliphatic carbocycles. The molecule has 1 atom stereocenters. The van der Waals surface area contributed by atoms with E-state index < -0.39 is 0 Å². The van der Waals surface area contributed by atoms with Gasteiger partial charge in [0, 0.05) is 5.92 Å². The van der Waals surface area contributed by atoms with Crippen LogP contribution in [0.5, 0.6) is 0 Å². The minimum atomic E-state index is 0.251. The summed E-state index contributed by atoms with van der Waals surface area (Å²) >= 11 is 5.35. The largest absolute Gasteiger partial charge is 0.482 e. The summed E-state index contributed by atoms with van der Waals surface area (Å²) in [5, 5.41) is 0.688. The van der Waals surface area contributed by atoms with E-state index in [1.54, 1.807) is 0 Å². The van der Waals surface area contributed by atoms with Crippen molar-refractivity contribution in [3.05, 3.63) is 71.8 Å². The lowest BCUT2D eigenvalue weighted by atomic mass is 10.0. The highest BCUT2D eigenvalue weighted by atomic mass is 32.1. The van der Waals surface area contributed by atoms with Crippen LogP contribution in [0.4, 0.5) is 0 Å². The van der Waals surface area contributed by atoms with Gasteiger partial charge in [0.1, 0.15) is 6.61 Å². The van der Waals surface area contributed by atoms with Crippen molar-refractivity contribution in [3.8, 4) is 0 Å². The van der Waals surface area contributed by atoms with E-state index in [0.29, 0.717) is 11.7 Å². The highest BCUT2D eigenvalue weighted by Gasteiger charge is 2.11. The topological polar surface area (TPSA) is 9.23 Å². The molecule has 1 unspecified atom stereocenters. The number of rotatable bonds is 5. The van der Waals surface area contributed by atoms with E-state index in [9.17, 15) is 0 Å². The highest BCUT2D eigenvalue weighted by molar-refractivity contribution is 7.80. The third-order valence-corrected chi connectivity index (χ3v) is 3.53. The van der Waals surface area contributed by atoms with Crippen molar-refractivity contribution in [1.29, 1.82) is 0 Å². The Morgan fingerprint density at radius 3 is 2.05 bits per heavy atom. The van der Waals surface area contributed by atoms with E-state index in [1.165, 1.54) is 5.56 Å². The van der Waals surface area contributed by atoms with Crippen molar-refractivity contribution in [2.45, 2.75) is 20.0 Å². The predicted molar refractivity (Wildman–Crippen MR) is 83.1 cm³/mol. The van der Waals surface area contributed by atoms with Crippen LogP contribution in [0, 0.1) is 5.92 Å². The average Bonchev–Trinajstić information content (AvgIpc) is 2.47. The molecule has 2 aromatic carbocycles. The third kappa shape index (κ3) is 4.49. The Labute approximate surface area is 120 Å². The molecule has 0 bridgehead atoms. The molecular formula is C17H18OS. The maximum absolute atomic E-state index is 5.69. The standard InChI is InChI=1S/C17H18OS/c1-14(12-15-8-4-2-5-9-15)17(19)18-13-16-10-6-3-7-11-16/h2-11,14H,12-13H2,1H3. The number of hydrogen-bond donors (Lipinski definition) is 0. The van der Waals surface area contributed by atoms with Crippen LogP contribution in [-0.2, 0) is 17.8 Å². The smallest absolute Gasteiger partial charge is 0.163 e.